The van der Waals surface area contributed by atoms with Gasteiger partial charge in [0.1, 0.15) is 11.8 Å². The number of nitrogens with zero attached hydrogens (tertiary/aromatic N) is 1. The van der Waals surface area contributed by atoms with E-state index in [1.165, 1.54) is 4.90 Å². The third kappa shape index (κ3) is 2.49. The number of rotatable bonds is 3. The van der Waals surface area contributed by atoms with Gasteiger partial charge in [-0.05, 0) is 47.0 Å². The van der Waals surface area contributed by atoms with Crippen molar-refractivity contribution < 1.29 is 19.1 Å². The maximum Gasteiger partial charge on any atom is 0.256 e. The van der Waals surface area contributed by atoms with Crippen LogP contribution in [0.4, 0.5) is 0 Å². The third-order valence-electron chi connectivity index (χ3n) is 3.86. The molecule has 1 aromatic carbocycles. The summed E-state index contributed by atoms with van der Waals surface area (Å²) in [6.07, 6.45) is 0.613. The summed E-state index contributed by atoms with van der Waals surface area (Å²) in [5.74, 6) is -0.200. The Morgan fingerprint density at radius 2 is 2.14 bits per heavy atom. The van der Waals surface area contributed by atoms with Crippen LogP contribution in [0, 0.1) is 0 Å². The fourth-order valence-corrected chi connectivity index (χ4v) is 3.53. The average molecular weight is 367 g/mol. The molecule has 3 rings (SSSR count). The highest BCUT2D eigenvalue weighted by Gasteiger charge is 2.40. The van der Waals surface area contributed by atoms with Gasteiger partial charge in [0.15, 0.2) is 0 Å². The number of benzene rings is 1. The van der Waals surface area contributed by atoms with E-state index in [-0.39, 0.29) is 18.2 Å². The second kappa shape index (κ2) is 5.72. The van der Waals surface area contributed by atoms with Gasteiger partial charge >= 0.3 is 0 Å². The number of hydrogen-bond acceptors (Lipinski definition) is 4. The van der Waals surface area contributed by atoms with E-state index in [4.69, 9.17) is 4.74 Å². The first-order valence-electron chi connectivity index (χ1n) is 7.11. The normalized spacial score (nSPS) is 20.9. The highest BCUT2D eigenvalue weighted by Crippen LogP contribution is 2.35. The summed E-state index contributed by atoms with van der Waals surface area (Å²) in [5.41, 5.74) is 1.39. The molecule has 0 saturated carbocycles. The zero-order valence-electron chi connectivity index (χ0n) is 12.0. The lowest BCUT2D eigenvalue weighted by Gasteiger charge is -2.29. The molecule has 2 aliphatic rings. The van der Waals surface area contributed by atoms with Crippen LogP contribution >= 0.6 is 15.9 Å². The number of hydrogen-bond donors (Lipinski definition) is 1. The lowest BCUT2D eigenvalue weighted by atomic mass is 10.0. The summed E-state index contributed by atoms with van der Waals surface area (Å²) in [6, 6.07) is 2.99. The molecule has 3 amide bonds. The SMILES string of the molecule is CCOc1cc(Br)c2c(c1)CN(C1CCC(=O)NC1=O)C2=O. The Morgan fingerprint density at radius 1 is 1.36 bits per heavy atom. The molecule has 0 spiro atoms. The molecule has 0 aliphatic carbocycles. The molecule has 0 aromatic heterocycles. The zero-order valence-corrected chi connectivity index (χ0v) is 13.6. The van der Waals surface area contributed by atoms with Crippen molar-refractivity contribution in [1.29, 1.82) is 0 Å². The Hall–Kier alpha value is -1.89. The van der Waals surface area contributed by atoms with Gasteiger partial charge in [-0.15, -0.1) is 0 Å². The van der Waals surface area contributed by atoms with E-state index in [2.05, 4.69) is 21.2 Å². The Labute approximate surface area is 135 Å². The number of piperidine rings is 1. The fourth-order valence-electron chi connectivity index (χ4n) is 2.88. The minimum atomic E-state index is -0.597. The fraction of sp³-hybridized carbons (Fsp3) is 0.400. The molecule has 0 radical (unpaired) electrons. The molecule has 1 N–H and O–H groups in total. The van der Waals surface area contributed by atoms with Crippen molar-refractivity contribution >= 4 is 33.7 Å². The molecular weight excluding hydrogens is 352 g/mol. The van der Waals surface area contributed by atoms with Crippen LogP contribution in [0.2, 0.25) is 0 Å². The second-order valence-corrected chi connectivity index (χ2v) is 6.13. The summed E-state index contributed by atoms with van der Waals surface area (Å²) >= 11 is 3.40. The second-order valence-electron chi connectivity index (χ2n) is 5.27. The molecule has 2 aliphatic heterocycles. The largest absolute Gasteiger partial charge is 0.494 e. The molecule has 1 saturated heterocycles. The minimum absolute atomic E-state index is 0.195. The average Bonchev–Trinajstić information content (AvgIpc) is 2.76. The number of ether oxygens (including phenoxy) is 1. The maximum atomic E-state index is 12.6. The summed E-state index contributed by atoms with van der Waals surface area (Å²) in [7, 11) is 0. The molecule has 1 atom stereocenters. The number of nitrogens with one attached hydrogen (secondary N) is 1. The maximum absolute atomic E-state index is 12.6. The van der Waals surface area contributed by atoms with Crippen molar-refractivity contribution in [3.05, 3.63) is 27.7 Å². The van der Waals surface area contributed by atoms with Gasteiger partial charge in [0.25, 0.3) is 5.91 Å². The van der Waals surface area contributed by atoms with Crippen LogP contribution in [0.1, 0.15) is 35.7 Å². The van der Waals surface area contributed by atoms with Crippen LogP contribution in [-0.4, -0.2) is 35.3 Å². The number of halogens is 1. The minimum Gasteiger partial charge on any atom is -0.494 e. The molecule has 1 aromatic rings. The van der Waals surface area contributed by atoms with Gasteiger partial charge in [0.05, 0.1) is 12.2 Å². The molecule has 116 valence electrons. The predicted octanol–water partition coefficient (Wildman–Crippen LogP) is 1.61. The standard InChI is InChI=1S/C15H15BrN2O4/c1-2-22-9-5-8-7-18(15(21)13(8)10(16)6-9)11-3-4-12(19)17-14(11)20/h5-6,11H,2-4,7H2,1H3,(H,17,19,20). The van der Waals surface area contributed by atoms with Gasteiger partial charge in [-0.1, -0.05) is 0 Å². The first-order chi connectivity index (χ1) is 10.5. The van der Waals surface area contributed by atoms with Gasteiger partial charge in [-0.2, -0.15) is 0 Å². The molecule has 0 bridgehead atoms. The van der Waals surface area contributed by atoms with Crippen molar-refractivity contribution in [3.8, 4) is 5.75 Å². The molecule has 2 heterocycles. The smallest absolute Gasteiger partial charge is 0.256 e. The molecule has 6 nitrogen and oxygen atoms in total. The number of carbonyl (C=O) groups excluding carboxylic acids is 3. The van der Waals surface area contributed by atoms with E-state index in [0.717, 1.165) is 5.56 Å². The van der Waals surface area contributed by atoms with Crippen molar-refractivity contribution in [1.82, 2.24) is 10.2 Å². The van der Waals surface area contributed by atoms with E-state index in [0.29, 0.717) is 35.4 Å². The van der Waals surface area contributed by atoms with Crippen molar-refractivity contribution in [2.45, 2.75) is 32.4 Å². The predicted molar refractivity (Wildman–Crippen MR) is 81.4 cm³/mol. The van der Waals surface area contributed by atoms with Gasteiger partial charge < -0.3 is 9.64 Å². The first-order valence-corrected chi connectivity index (χ1v) is 7.90. The van der Waals surface area contributed by atoms with Gasteiger partial charge in [-0.25, -0.2) is 0 Å². The van der Waals surface area contributed by atoms with Crippen LogP contribution in [0.3, 0.4) is 0 Å². The van der Waals surface area contributed by atoms with Crippen molar-refractivity contribution in [3.63, 3.8) is 0 Å². The van der Waals surface area contributed by atoms with E-state index in [9.17, 15) is 14.4 Å². The van der Waals surface area contributed by atoms with E-state index in [1.54, 1.807) is 6.07 Å². The monoisotopic (exact) mass is 366 g/mol. The molecule has 1 unspecified atom stereocenters. The first kappa shape index (κ1) is 15.0. The van der Waals surface area contributed by atoms with E-state index in [1.807, 2.05) is 13.0 Å². The molecule has 1 fully saturated rings. The number of carbonyl (C=O) groups is 3. The highest BCUT2D eigenvalue weighted by molar-refractivity contribution is 9.10. The van der Waals surface area contributed by atoms with Crippen LogP contribution in [0.15, 0.2) is 16.6 Å². The lowest BCUT2D eigenvalue weighted by molar-refractivity contribution is -0.136. The topological polar surface area (TPSA) is 75.7 Å². The lowest BCUT2D eigenvalue weighted by Crippen LogP contribution is -2.52. The van der Waals surface area contributed by atoms with E-state index >= 15 is 0 Å². The molecule has 22 heavy (non-hydrogen) atoms. The number of imide groups is 1. The quantitative estimate of drug-likeness (QED) is 0.824. The highest BCUT2D eigenvalue weighted by atomic mass is 79.9. The molecular formula is C15H15BrN2O4. The summed E-state index contributed by atoms with van der Waals surface area (Å²) in [6.45, 7) is 2.78. The van der Waals surface area contributed by atoms with Crippen LogP contribution in [0.5, 0.6) is 5.75 Å². The zero-order chi connectivity index (χ0) is 15.9. The van der Waals surface area contributed by atoms with Gasteiger partial charge in [-0.3, -0.25) is 19.7 Å². The summed E-state index contributed by atoms with van der Waals surface area (Å²) < 4.78 is 6.14. The number of amides is 3. The van der Waals surface area contributed by atoms with E-state index < -0.39 is 11.9 Å². The third-order valence-corrected chi connectivity index (χ3v) is 4.48. The Kier molecular flexibility index (Phi) is 3.90. The molecule has 7 heteroatoms. The van der Waals surface area contributed by atoms with Crippen molar-refractivity contribution in [2.75, 3.05) is 6.61 Å². The summed E-state index contributed by atoms with van der Waals surface area (Å²) in [5, 5.41) is 2.29. The Balaban J connectivity index is 1.89. The Morgan fingerprint density at radius 3 is 2.82 bits per heavy atom. The van der Waals surface area contributed by atoms with Crippen LogP contribution in [0.25, 0.3) is 0 Å². The summed E-state index contributed by atoms with van der Waals surface area (Å²) in [4.78, 5) is 37.3. The Bertz CT molecular complexity index is 674. The van der Waals surface area contributed by atoms with Gasteiger partial charge in [0.2, 0.25) is 11.8 Å². The van der Waals surface area contributed by atoms with Crippen molar-refractivity contribution in [2.24, 2.45) is 0 Å². The van der Waals surface area contributed by atoms with Crippen LogP contribution < -0.4 is 10.1 Å². The van der Waals surface area contributed by atoms with Crippen LogP contribution in [-0.2, 0) is 16.1 Å². The number of fused-ring (bicyclic) bond motifs is 1. The van der Waals surface area contributed by atoms with Gasteiger partial charge in [0, 0.05) is 17.4 Å².